The first-order chi connectivity index (χ1) is 7.66. The number of nitrogens with one attached hydrogen (secondary N) is 3. The predicted molar refractivity (Wildman–Crippen MR) is 55.8 cm³/mol. The number of aromatic amines is 3. The van der Waals surface area contributed by atoms with E-state index in [-0.39, 0.29) is 17.3 Å². The molecule has 84 valence electrons. The summed E-state index contributed by atoms with van der Waals surface area (Å²) in [6, 6.07) is 0. The molecule has 0 radical (unpaired) electrons. The van der Waals surface area contributed by atoms with Crippen LogP contribution in [0.1, 0.15) is 16.1 Å². The number of hydrogen-bond acceptors (Lipinski definition) is 3. The molecule has 0 aliphatic heterocycles. The highest BCUT2D eigenvalue weighted by Gasteiger charge is 2.13. The molecule has 2 rings (SSSR count). The molecular formula is C9H11N5O2. The molecule has 2 aromatic heterocycles. The lowest BCUT2D eigenvalue weighted by Crippen LogP contribution is -2.26. The van der Waals surface area contributed by atoms with Crippen LogP contribution in [0.25, 0.3) is 0 Å². The summed E-state index contributed by atoms with van der Waals surface area (Å²) in [5.74, 6) is -0.250. The van der Waals surface area contributed by atoms with Gasteiger partial charge in [-0.1, -0.05) is 0 Å². The fourth-order valence-corrected chi connectivity index (χ4v) is 1.36. The largest absolute Gasteiger partial charge is 0.336 e. The van der Waals surface area contributed by atoms with Crippen molar-refractivity contribution in [2.75, 3.05) is 7.05 Å². The van der Waals surface area contributed by atoms with Crippen LogP contribution < -0.4 is 5.69 Å². The molecule has 0 fully saturated rings. The van der Waals surface area contributed by atoms with E-state index in [1.54, 1.807) is 19.4 Å². The summed E-state index contributed by atoms with van der Waals surface area (Å²) in [7, 11) is 1.65. The lowest BCUT2D eigenvalue weighted by Gasteiger charge is -2.14. The molecule has 16 heavy (non-hydrogen) atoms. The lowest BCUT2D eigenvalue weighted by atomic mass is 10.3. The highest BCUT2D eigenvalue weighted by Crippen LogP contribution is 2.03. The van der Waals surface area contributed by atoms with Gasteiger partial charge in [0.05, 0.1) is 6.20 Å². The van der Waals surface area contributed by atoms with Crippen molar-refractivity contribution in [1.82, 2.24) is 25.1 Å². The van der Waals surface area contributed by atoms with E-state index < -0.39 is 0 Å². The summed E-state index contributed by atoms with van der Waals surface area (Å²) in [5, 5.41) is 6.45. The Hall–Kier alpha value is -2.31. The number of H-pyrrole nitrogens is 3. The molecule has 0 saturated carbocycles. The zero-order valence-electron chi connectivity index (χ0n) is 8.65. The van der Waals surface area contributed by atoms with Crippen LogP contribution in [0.2, 0.25) is 0 Å². The van der Waals surface area contributed by atoms with Crippen LogP contribution in [0, 0.1) is 0 Å². The molecule has 2 aromatic rings. The van der Waals surface area contributed by atoms with Crippen LogP contribution in [0.15, 0.2) is 23.4 Å². The standard InChI is InChI=1S/C9H11N5O2/c1-14(5-6-2-11-12-3-6)8(15)7-4-10-9(16)13-7/h2-4H,5H2,1H3,(H,11,12)(H2,10,13,16). The van der Waals surface area contributed by atoms with Gasteiger partial charge in [0.2, 0.25) is 0 Å². The Labute approximate surface area is 90.5 Å². The van der Waals surface area contributed by atoms with Crippen molar-refractivity contribution < 1.29 is 4.79 Å². The molecule has 0 aliphatic carbocycles. The molecule has 3 N–H and O–H groups in total. The quantitative estimate of drug-likeness (QED) is 0.663. The molecule has 0 aromatic carbocycles. The molecule has 0 aliphatic rings. The van der Waals surface area contributed by atoms with Gasteiger partial charge in [-0.2, -0.15) is 5.10 Å². The number of carbonyl (C=O) groups is 1. The highest BCUT2D eigenvalue weighted by molar-refractivity contribution is 5.91. The Bertz CT molecular complexity index is 524. The number of nitrogens with zero attached hydrogens (tertiary/aromatic N) is 2. The van der Waals surface area contributed by atoms with Crippen LogP contribution in [-0.4, -0.2) is 38.0 Å². The average molecular weight is 221 g/mol. The maximum atomic E-state index is 11.8. The summed E-state index contributed by atoms with van der Waals surface area (Å²) in [4.78, 5) is 28.9. The Morgan fingerprint density at radius 1 is 1.50 bits per heavy atom. The summed E-state index contributed by atoms with van der Waals surface area (Å²) < 4.78 is 0. The Morgan fingerprint density at radius 2 is 2.31 bits per heavy atom. The maximum Gasteiger partial charge on any atom is 0.323 e. The van der Waals surface area contributed by atoms with Crippen LogP contribution in [0.3, 0.4) is 0 Å². The third-order valence-electron chi connectivity index (χ3n) is 2.15. The van der Waals surface area contributed by atoms with Crippen LogP contribution in [0.4, 0.5) is 0 Å². The van der Waals surface area contributed by atoms with Gasteiger partial charge in [0.1, 0.15) is 5.69 Å². The molecule has 7 nitrogen and oxygen atoms in total. The number of carbonyl (C=O) groups excluding carboxylic acids is 1. The van der Waals surface area contributed by atoms with Crippen molar-refractivity contribution in [2.45, 2.75) is 6.54 Å². The molecule has 0 atom stereocenters. The van der Waals surface area contributed by atoms with Gasteiger partial charge in [0, 0.05) is 31.5 Å². The van der Waals surface area contributed by atoms with E-state index in [1.807, 2.05) is 0 Å². The minimum absolute atomic E-state index is 0.246. The second kappa shape index (κ2) is 4.05. The fraction of sp³-hybridized carbons (Fsp3) is 0.222. The summed E-state index contributed by atoms with van der Waals surface area (Å²) >= 11 is 0. The molecule has 2 heterocycles. The van der Waals surface area contributed by atoms with E-state index >= 15 is 0 Å². The minimum Gasteiger partial charge on any atom is -0.336 e. The fourth-order valence-electron chi connectivity index (χ4n) is 1.36. The first-order valence-corrected chi connectivity index (χ1v) is 4.67. The van der Waals surface area contributed by atoms with Crippen molar-refractivity contribution in [1.29, 1.82) is 0 Å². The number of hydrogen-bond donors (Lipinski definition) is 3. The van der Waals surface area contributed by atoms with Gasteiger partial charge in [0.15, 0.2) is 0 Å². The van der Waals surface area contributed by atoms with Crippen LogP contribution in [0.5, 0.6) is 0 Å². The minimum atomic E-state index is -0.389. The molecule has 0 bridgehead atoms. The molecule has 1 amide bonds. The molecular weight excluding hydrogens is 210 g/mol. The average Bonchev–Trinajstić information content (AvgIpc) is 2.88. The monoisotopic (exact) mass is 221 g/mol. The van der Waals surface area contributed by atoms with E-state index in [0.29, 0.717) is 6.54 Å². The third-order valence-corrected chi connectivity index (χ3v) is 2.15. The lowest BCUT2D eigenvalue weighted by molar-refractivity contribution is 0.0780. The number of imidazole rings is 1. The topological polar surface area (TPSA) is 97.6 Å². The first kappa shape index (κ1) is 10.2. The van der Waals surface area contributed by atoms with Crippen molar-refractivity contribution >= 4 is 5.91 Å². The van der Waals surface area contributed by atoms with E-state index in [1.165, 1.54) is 11.1 Å². The third kappa shape index (κ3) is 2.02. The summed E-state index contributed by atoms with van der Waals surface area (Å²) in [6.07, 6.45) is 4.71. The normalized spacial score (nSPS) is 10.3. The number of rotatable bonds is 3. The number of amides is 1. The second-order valence-corrected chi connectivity index (χ2v) is 3.42. The zero-order chi connectivity index (χ0) is 11.5. The van der Waals surface area contributed by atoms with Gasteiger partial charge >= 0.3 is 5.69 Å². The Kier molecular flexibility index (Phi) is 2.59. The SMILES string of the molecule is CN(Cc1cn[nH]c1)C(=O)c1c[nH]c(=O)[nH]1. The van der Waals surface area contributed by atoms with E-state index in [4.69, 9.17) is 0 Å². The van der Waals surface area contributed by atoms with Gasteiger partial charge in [-0.25, -0.2) is 4.79 Å². The van der Waals surface area contributed by atoms with Crippen LogP contribution >= 0.6 is 0 Å². The Morgan fingerprint density at radius 3 is 2.88 bits per heavy atom. The van der Waals surface area contributed by atoms with E-state index in [9.17, 15) is 9.59 Å². The van der Waals surface area contributed by atoms with Gasteiger partial charge in [-0.15, -0.1) is 0 Å². The van der Waals surface area contributed by atoms with Gasteiger partial charge in [-0.3, -0.25) is 9.89 Å². The van der Waals surface area contributed by atoms with Gasteiger partial charge < -0.3 is 14.9 Å². The molecule has 7 heteroatoms. The molecule has 0 saturated heterocycles. The molecule has 0 unspecified atom stereocenters. The van der Waals surface area contributed by atoms with Crippen LogP contribution in [-0.2, 0) is 6.54 Å². The Balaban J connectivity index is 2.08. The van der Waals surface area contributed by atoms with Gasteiger partial charge in [-0.05, 0) is 0 Å². The summed E-state index contributed by atoms with van der Waals surface area (Å²) in [6.45, 7) is 0.433. The zero-order valence-corrected chi connectivity index (χ0v) is 8.65. The van der Waals surface area contributed by atoms with Crippen molar-refractivity contribution in [3.63, 3.8) is 0 Å². The summed E-state index contributed by atoms with van der Waals surface area (Å²) in [5.41, 5.74) is 0.754. The highest BCUT2D eigenvalue weighted by atomic mass is 16.2. The predicted octanol–water partition coefficient (Wildman–Crippen LogP) is -0.302. The second-order valence-electron chi connectivity index (χ2n) is 3.42. The number of aromatic nitrogens is 4. The smallest absolute Gasteiger partial charge is 0.323 e. The van der Waals surface area contributed by atoms with Crippen molar-refractivity contribution in [3.05, 3.63) is 40.3 Å². The first-order valence-electron chi connectivity index (χ1n) is 4.67. The maximum absolute atomic E-state index is 11.8. The van der Waals surface area contributed by atoms with E-state index in [2.05, 4.69) is 20.2 Å². The van der Waals surface area contributed by atoms with Gasteiger partial charge in [0.25, 0.3) is 5.91 Å². The van der Waals surface area contributed by atoms with Crippen molar-refractivity contribution in [3.8, 4) is 0 Å². The van der Waals surface area contributed by atoms with Crippen molar-refractivity contribution in [2.24, 2.45) is 0 Å². The molecule has 0 spiro atoms. The van der Waals surface area contributed by atoms with E-state index in [0.717, 1.165) is 5.56 Å².